The Hall–Kier alpha value is -1.74. The number of amides is 1. The van der Waals surface area contributed by atoms with Gasteiger partial charge in [-0.25, -0.2) is 4.98 Å². The van der Waals surface area contributed by atoms with Crippen LogP contribution in [0, 0.1) is 11.3 Å². The zero-order chi connectivity index (χ0) is 12.3. The Labute approximate surface area is 102 Å². The Kier molecular flexibility index (Phi) is 3.49. The number of nitriles is 1. The highest BCUT2D eigenvalue weighted by molar-refractivity contribution is 7.85. The van der Waals surface area contributed by atoms with E-state index in [1.165, 1.54) is 6.20 Å². The first kappa shape index (κ1) is 11.7. The van der Waals surface area contributed by atoms with Crippen molar-refractivity contribution in [2.24, 2.45) is 0 Å². The topological polar surface area (TPSA) is 74.1 Å². The molecule has 1 saturated heterocycles. The quantitative estimate of drug-likeness (QED) is 0.710. The minimum absolute atomic E-state index is 0.161. The highest BCUT2D eigenvalue weighted by Gasteiger charge is 2.21. The predicted molar refractivity (Wildman–Crippen MR) is 62.7 cm³/mol. The van der Waals surface area contributed by atoms with E-state index in [2.05, 4.69) is 4.98 Å². The zero-order valence-corrected chi connectivity index (χ0v) is 9.94. The van der Waals surface area contributed by atoms with Crippen molar-refractivity contribution in [2.75, 3.05) is 24.6 Å². The molecule has 0 N–H and O–H groups in total. The largest absolute Gasteiger partial charge is 0.335 e. The van der Waals surface area contributed by atoms with Gasteiger partial charge < -0.3 is 4.90 Å². The lowest BCUT2D eigenvalue weighted by Gasteiger charge is -2.25. The molecule has 0 aliphatic carbocycles. The number of hydrogen-bond acceptors (Lipinski definition) is 4. The lowest BCUT2D eigenvalue weighted by Crippen LogP contribution is -2.42. The van der Waals surface area contributed by atoms with Crippen LogP contribution in [0.5, 0.6) is 0 Å². The Morgan fingerprint density at radius 3 is 2.65 bits per heavy atom. The molecule has 0 saturated carbocycles. The Morgan fingerprint density at radius 1 is 1.41 bits per heavy atom. The van der Waals surface area contributed by atoms with Crippen molar-refractivity contribution in [3.63, 3.8) is 0 Å². The second-order valence-corrected chi connectivity index (χ2v) is 5.38. The third kappa shape index (κ3) is 2.68. The number of carbonyl (C=O) groups is 1. The van der Waals surface area contributed by atoms with Gasteiger partial charge in [0.2, 0.25) is 0 Å². The fourth-order valence-electron chi connectivity index (χ4n) is 1.59. The molecule has 1 aromatic heterocycles. The summed E-state index contributed by atoms with van der Waals surface area (Å²) in [6, 6.07) is 5.07. The van der Waals surface area contributed by atoms with Crippen LogP contribution in [0.2, 0.25) is 0 Å². The molecule has 0 atom stereocenters. The molecule has 1 amide bonds. The predicted octanol–water partition coefficient (Wildman–Crippen LogP) is 0.158. The molecule has 1 aliphatic heterocycles. The number of aromatic nitrogens is 1. The van der Waals surface area contributed by atoms with Crippen molar-refractivity contribution in [1.29, 1.82) is 5.26 Å². The SMILES string of the molecule is N#Cc1ccc(C(=O)N2CCS(=O)CC2)nc1. The molecule has 1 fully saturated rings. The summed E-state index contributed by atoms with van der Waals surface area (Å²) in [5.41, 5.74) is 0.762. The molecule has 0 aromatic carbocycles. The monoisotopic (exact) mass is 249 g/mol. The number of hydrogen-bond donors (Lipinski definition) is 0. The fourth-order valence-corrected chi connectivity index (χ4v) is 2.64. The molecule has 0 spiro atoms. The Morgan fingerprint density at radius 2 is 2.12 bits per heavy atom. The molecule has 2 heterocycles. The third-order valence-electron chi connectivity index (χ3n) is 2.58. The van der Waals surface area contributed by atoms with Gasteiger partial charge in [-0.3, -0.25) is 9.00 Å². The number of rotatable bonds is 1. The summed E-state index contributed by atoms with van der Waals surface area (Å²) < 4.78 is 11.2. The number of carbonyl (C=O) groups excluding carboxylic acids is 1. The second-order valence-electron chi connectivity index (χ2n) is 3.68. The van der Waals surface area contributed by atoms with Crippen LogP contribution in [-0.4, -0.2) is 44.6 Å². The molecular weight excluding hydrogens is 238 g/mol. The van der Waals surface area contributed by atoms with Crippen LogP contribution >= 0.6 is 0 Å². The van der Waals surface area contributed by atoms with Gasteiger partial charge in [0.25, 0.3) is 5.91 Å². The minimum atomic E-state index is -0.796. The molecule has 2 rings (SSSR count). The van der Waals surface area contributed by atoms with Crippen LogP contribution in [0.4, 0.5) is 0 Å². The van der Waals surface area contributed by atoms with E-state index in [0.29, 0.717) is 35.9 Å². The van der Waals surface area contributed by atoms with Gasteiger partial charge >= 0.3 is 0 Å². The van der Waals surface area contributed by atoms with Gasteiger partial charge in [-0.2, -0.15) is 5.26 Å². The molecule has 0 bridgehead atoms. The van der Waals surface area contributed by atoms with Gasteiger partial charge in [-0.15, -0.1) is 0 Å². The number of pyridine rings is 1. The summed E-state index contributed by atoms with van der Waals surface area (Å²) in [5.74, 6) is 0.899. The van der Waals surface area contributed by atoms with E-state index in [9.17, 15) is 9.00 Å². The van der Waals surface area contributed by atoms with Gasteiger partial charge in [-0.05, 0) is 12.1 Å². The standard InChI is InChI=1S/C11H11N3O2S/c12-7-9-1-2-10(13-8-9)11(15)14-3-5-17(16)6-4-14/h1-2,8H,3-6H2. The van der Waals surface area contributed by atoms with Gasteiger partial charge in [0.15, 0.2) is 0 Å². The van der Waals surface area contributed by atoms with E-state index in [0.717, 1.165) is 0 Å². The van der Waals surface area contributed by atoms with Crippen molar-refractivity contribution in [3.05, 3.63) is 29.6 Å². The summed E-state index contributed by atoms with van der Waals surface area (Å²) in [6.45, 7) is 1.01. The van der Waals surface area contributed by atoms with E-state index in [1.807, 2.05) is 6.07 Å². The summed E-state index contributed by atoms with van der Waals surface area (Å²) in [7, 11) is -0.796. The van der Waals surface area contributed by atoms with Gasteiger partial charge in [0.05, 0.1) is 5.56 Å². The van der Waals surface area contributed by atoms with Crippen LogP contribution in [0.1, 0.15) is 16.1 Å². The smallest absolute Gasteiger partial charge is 0.272 e. The van der Waals surface area contributed by atoms with Gasteiger partial charge in [-0.1, -0.05) is 0 Å². The van der Waals surface area contributed by atoms with Gasteiger partial charge in [0, 0.05) is 41.6 Å². The molecule has 5 nitrogen and oxygen atoms in total. The fraction of sp³-hybridized carbons (Fsp3) is 0.364. The normalized spacial score (nSPS) is 16.5. The number of nitrogens with zero attached hydrogens (tertiary/aromatic N) is 3. The van der Waals surface area contributed by atoms with E-state index < -0.39 is 10.8 Å². The van der Waals surface area contributed by atoms with Crippen molar-refractivity contribution in [1.82, 2.24) is 9.88 Å². The van der Waals surface area contributed by atoms with Crippen LogP contribution in [-0.2, 0) is 10.8 Å². The van der Waals surface area contributed by atoms with Crippen molar-refractivity contribution in [2.45, 2.75) is 0 Å². The summed E-state index contributed by atoms with van der Waals surface area (Å²) >= 11 is 0. The lowest BCUT2D eigenvalue weighted by molar-refractivity contribution is 0.0765. The molecule has 88 valence electrons. The first-order chi connectivity index (χ1) is 8.20. The summed E-state index contributed by atoms with van der Waals surface area (Å²) in [5, 5.41) is 8.63. The average molecular weight is 249 g/mol. The van der Waals surface area contributed by atoms with Crippen LogP contribution in [0.25, 0.3) is 0 Å². The first-order valence-electron chi connectivity index (χ1n) is 5.21. The zero-order valence-electron chi connectivity index (χ0n) is 9.13. The van der Waals surface area contributed by atoms with Crippen molar-refractivity contribution in [3.8, 4) is 6.07 Å². The maximum absolute atomic E-state index is 12.0. The maximum atomic E-state index is 12.0. The molecule has 1 aliphatic rings. The Bertz CT molecular complexity index is 482. The van der Waals surface area contributed by atoms with Crippen LogP contribution < -0.4 is 0 Å². The van der Waals surface area contributed by atoms with Crippen LogP contribution in [0.3, 0.4) is 0 Å². The van der Waals surface area contributed by atoms with Crippen LogP contribution in [0.15, 0.2) is 18.3 Å². The van der Waals surface area contributed by atoms with E-state index in [1.54, 1.807) is 17.0 Å². The van der Waals surface area contributed by atoms with Crippen molar-refractivity contribution < 1.29 is 9.00 Å². The van der Waals surface area contributed by atoms with Crippen molar-refractivity contribution >= 4 is 16.7 Å². The second kappa shape index (κ2) is 5.06. The van der Waals surface area contributed by atoms with E-state index in [4.69, 9.17) is 5.26 Å². The molecule has 0 unspecified atom stereocenters. The molecule has 0 radical (unpaired) electrons. The molecule has 17 heavy (non-hydrogen) atoms. The lowest BCUT2D eigenvalue weighted by atomic mass is 10.2. The third-order valence-corrected chi connectivity index (χ3v) is 3.85. The maximum Gasteiger partial charge on any atom is 0.272 e. The molecule has 6 heteroatoms. The van der Waals surface area contributed by atoms with Gasteiger partial charge in [0.1, 0.15) is 11.8 Å². The average Bonchev–Trinajstić information content (AvgIpc) is 2.39. The Balaban J connectivity index is 2.09. The summed E-state index contributed by atoms with van der Waals surface area (Å²) in [6.07, 6.45) is 1.38. The summed E-state index contributed by atoms with van der Waals surface area (Å²) in [4.78, 5) is 17.6. The minimum Gasteiger partial charge on any atom is -0.335 e. The molecule has 1 aromatic rings. The van der Waals surface area contributed by atoms with E-state index in [-0.39, 0.29) is 5.91 Å². The van der Waals surface area contributed by atoms with E-state index >= 15 is 0 Å². The first-order valence-corrected chi connectivity index (χ1v) is 6.70. The highest BCUT2D eigenvalue weighted by atomic mass is 32.2. The molecular formula is C11H11N3O2S. The highest BCUT2D eigenvalue weighted by Crippen LogP contribution is 2.07.